The van der Waals surface area contributed by atoms with Crippen LogP contribution in [-0.2, 0) is 0 Å². The lowest BCUT2D eigenvalue weighted by Gasteiger charge is -2.15. The van der Waals surface area contributed by atoms with Crippen molar-refractivity contribution in [3.05, 3.63) is 36.4 Å². The smallest absolute Gasteiger partial charge is 0.508 e. The molecular weight excluding hydrogens is 340 g/mol. The van der Waals surface area contributed by atoms with Gasteiger partial charge in [0.25, 0.3) is 0 Å². The van der Waals surface area contributed by atoms with Gasteiger partial charge >= 0.3 is 6.16 Å². The van der Waals surface area contributed by atoms with Crippen molar-refractivity contribution >= 4 is 34.1 Å². The van der Waals surface area contributed by atoms with E-state index in [0.29, 0.717) is 21.9 Å². The SMILES string of the molecule is C[SiH](C)c1c(O)cccc1OC(=O)Oc1cccc(O)c1[SiH](C)C. The molecule has 0 aromatic heterocycles. The first-order valence-electron chi connectivity index (χ1n) is 7.84. The fourth-order valence-electron chi connectivity index (χ4n) is 2.60. The maximum Gasteiger partial charge on any atom is 0.519 e. The number of aromatic hydroxyl groups is 2. The van der Waals surface area contributed by atoms with E-state index in [0.717, 1.165) is 0 Å². The maximum atomic E-state index is 12.2. The summed E-state index contributed by atoms with van der Waals surface area (Å²) in [4.78, 5) is 12.2. The van der Waals surface area contributed by atoms with Gasteiger partial charge in [-0.1, -0.05) is 38.3 Å². The number of rotatable bonds is 4. The molecule has 0 fully saturated rings. The van der Waals surface area contributed by atoms with Crippen LogP contribution in [0.1, 0.15) is 0 Å². The summed E-state index contributed by atoms with van der Waals surface area (Å²) in [5.41, 5.74) is 0. The summed E-state index contributed by atoms with van der Waals surface area (Å²) in [5.74, 6) is 0.916. The Bertz CT molecular complexity index is 682. The van der Waals surface area contributed by atoms with Gasteiger partial charge in [-0.3, -0.25) is 0 Å². The molecule has 24 heavy (non-hydrogen) atoms. The van der Waals surface area contributed by atoms with Crippen LogP contribution in [0.4, 0.5) is 4.79 Å². The minimum absolute atomic E-state index is 0.134. The van der Waals surface area contributed by atoms with E-state index < -0.39 is 23.7 Å². The summed E-state index contributed by atoms with van der Waals surface area (Å²) in [7, 11) is -2.80. The third kappa shape index (κ3) is 3.98. The van der Waals surface area contributed by atoms with Crippen LogP contribution >= 0.6 is 0 Å². The summed E-state index contributed by atoms with van der Waals surface area (Å²) in [6.45, 7) is 8.13. The van der Waals surface area contributed by atoms with Crippen LogP contribution in [0.3, 0.4) is 0 Å². The molecule has 0 aliphatic rings. The molecule has 0 atom stereocenters. The van der Waals surface area contributed by atoms with Crippen LogP contribution in [0, 0.1) is 0 Å². The van der Waals surface area contributed by atoms with Gasteiger partial charge in [-0.25, -0.2) is 4.79 Å². The predicted molar refractivity (Wildman–Crippen MR) is 99.9 cm³/mol. The molecule has 0 saturated heterocycles. The van der Waals surface area contributed by atoms with Gasteiger partial charge in [0.15, 0.2) is 0 Å². The molecule has 7 heteroatoms. The van der Waals surface area contributed by atoms with Gasteiger partial charge in [-0.15, -0.1) is 0 Å². The van der Waals surface area contributed by atoms with Crippen molar-refractivity contribution < 1.29 is 24.5 Å². The van der Waals surface area contributed by atoms with E-state index in [4.69, 9.17) is 9.47 Å². The Morgan fingerprint density at radius 3 is 1.50 bits per heavy atom. The van der Waals surface area contributed by atoms with Crippen LogP contribution in [0.25, 0.3) is 0 Å². The number of carbonyl (C=O) groups is 1. The highest BCUT2D eigenvalue weighted by atomic mass is 28.3. The van der Waals surface area contributed by atoms with Gasteiger partial charge in [-0.2, -0.15) is 0 Å². The van der Waals surface area contributed by atoms with Crippen LogP contribution in [0.5, 0.6) is 23.0 Å². The molecule has 0 spiro atoms. The number of hydrogen-bond acceptors (Lipinski definition) is 5. The highest BCUT2D eigenvalue weighted by Crippen LogP contribution is 2.20. The maximum absolute atomic E-state index is 12.2. The van der Waals surface area contributed by atoms with Gasteiger partial charge in [-0.05, 0) is 24.3 Å². The van der Waals surface area contributed by atoms with Gasteiger partial charge < -0.3 is 19.7 Å². The average Bonchev–Trinajstić information content (AvgIpc) is 2.46. The highest BCUT2D eigenvalue weighted by Gasteiger charge is 2.20. The van der Waals surface area contributed by atoms with E-state index >= 15 is 0 Å². The Balaban J connectivity index is 2.25. The van der Waals surface area contributed by atoms with Crippen molar-refractivity contribution in [1.29, 1.82) is 0 Å². The molecule has 2 rings (SSSR count). The third-order valence-corrected chi connectivity index (χ3v) is 7.10. The first-order chi connectivity index (χ1) is 11.3. The van der Waals surface area contributed by atoms with E-state index in [2.05, 4.69) is 0 Å². The fraction of sp³-hybridized carbons (Fsp3) is 0.235. The zero-order valence-electron chi connectivity index (χ0n) is 14.2. The topological polar surface area (TPSA) is 76.0 Å². The lowest BCUT2D eigenvalue weighted by molar-refractivity contribution is 0.152. The second kappa shape index (κ2) is 7.54. The van der Waals surface area contributed by atoms with Crippen molar-refractivity contribution in [3.8, 4) is 23.0 Å². The van der Waals surface area contributed by atoms with E-state index in [1.165, 1.54) is 0 Å². The standard InChI is InChI=1S/C17H22O5Si2/c1-23(2)15-11(18)7-5-9-13(15)21-17(20)22-14-10-6-8-12(19)16(14)24(3)4/h5-10,18-19,23-24H,1-4H3. The van der Waals surface area contributed by atoms with E-state index in [1.54, 1.807) is 36.4 Å². The summed E-state index contributed by atoms with van der Waals surface area (Å²) >= 11 is 0. The molecule has 0 saturated carbocycles. The van der Waals surface area contributed by atoms with Gasteiger partial charge in [0.2, 0.25) is 0 Å². The number of benzene rings is 2. The Morgan fingerprint density at radius 2 is 1.17 bits per heavy atom. The molecule has 2 aromatic carbocycles. The molecule has 0 unspecified atom stereocenters. The lowest BCUT2D eigenvalue weighted by atomic mass is 10.3. The number of ether oxygens (including phenoxy) is 2. The first-order valence-corrected chi connectivity index (χ1v) is 13.6. The Hall–Kier alpha value is -2.26. The first kappa shape index (κ1) is 18.1. The molecule has 2 aromatic rings. The van der Waals surface area contributed by atoms with E-state index in [-0.39, 0.29) is 11.5 Å². The molecule has 0 aliphatic carbocycles. The van der Waals surface area contributed by atoms with Gasteiger partial charge in [0, 0.05) is 10.4 Å². The van der Waals surface area contributed by atoms with Crippen molar-refractivity contribution in [2.45, 2.75) is 26.2 Å². The zero-order valence-corrected chi connectivity index (χ0v) is 16.5. The summed E-state index contributed by atoms with van der Waals surface area (Å²) in [6, 6.07) is 9.70. The van der Waals surface area contributed by atoms with Crippen molar-refractivity contribution in [2.24, 2.45) is 0 Å². The summed E-state index contributed by atoms with van der Waals surface area (Å²) in [5, 5.41) is 21.4. The molecule has 0 bridgehead atoms. The average molecular weight is 363 g/mol. The molecule has 2 N–H and O–H groups in total. The van der Waals surface area contributed by atoms with E-state index in [1.807, 2.05) is 26.2 Å². The van der Waals surface area contributed by atoms with Crippen molar-refractivity contribution in [2.75, 3.05) is 0 Å². The van der Waals surface area contributed by atoms with Crippen molar-refractivity contribution in [3.63, 3.8) is 0 Å². The molecule has 0 aliphatic heterocycles. The van der Waals surface area contributed by atoms with Crippen LogP contribution < -0.4 is 19.8 Å². The normalized spacial score (nSPS) is 10.9. The quantitative estimate of drug-likeness (QED) is 0.495. The van der Waals surface area contributed by atoms with Gasteiger partial charge in [0.05, 0.1) is 17.6 Å². The number of carbonyl (C=O) groups excluding carboxylic acids is 1. The van der Waals surface area contributed by atoms with Crippen LogP contribution in [0.2, 0.25) is 26.2 Å². The van der Waals surface area contributed by atoms with Crippen LogP contribution in [-0.4, -0.2) is 34.0 Å². The largest absolute Gasteiger partial charge is 0.519 e. The molecule has 0 amide bonds. The molecule has 128 valence electrons. The number of hydrogen-bond donors (Lipinski definition) is 2. The second-order valence-electron chi connectivity index (χ2n) is 6.14. The third-order valence-electron chi connectivity index (χ3n) is 3.63. The number of phenolic OH excluding ortho intramolecular Hbond substituents is 2. The fourth-order valence-corrected chi connectivity index (χ4v) is 5.43. The predicted octanol–water partition coefficient (Wildman–Crippen LogP) is 2.06. The molecule has 5 nitrogen and oxygen atoms in total. The number of phenols is 2. The monoisotopic (exact) mass is 362 g/mol. The summed E-state index contributed by atoms with van der Waals surface area (Å²) in [6.07, 6.45) is -0.877. The van der Waals surface area contributed by atoms with Crippen LogP contribution in [0.15, 0.2) is 36.4 Å². The molecule has 0 radical (unpaired) electrons. The molecular formula is C17H22O5Si2. The summed E-state index contributed by atoms with van der Waals surface area (Å²) < 4.78 is 10.6. The van der Waals surface area contributed by atoms with Crippen molar-refractivity contribution in [1.82, 2.24) is 0 Å². The lowest BCUT2D eigenvalue weighted by Crippen LogP contribution is -2.30. The zero-order chi connectivity index (χ0) is 17.9. The van der Waals surface area contributed by atoms with E-state index in [9.17, 15) is 15.0 Å². The Kier molecular flexibility index (Phi) is 5.68. The second-order valence-corrected chi connectivity index (χ2v) is 11.9. The molecule has 0 heterocycles. The Labute approximate surface area is 144 Å². The minimum Gasteiger partial charge on any atom is -0.508 e. The highest BCUT2D eigenvalue weighted by molar-refractivity contribution is 6.73. The Morgan fingerprint density at radius 1 is 0.792 bits per heavy atom. The van der Waals surface area contributed by atoms with Gasteiger partial charge in [0.1, 0.15) is 23.0 Å². The minimum atomic E-state index is -1.40.